The Kier molecular flexibility index (Phi) is 72.8. The predicted octanol–water partition coefficient (Wildman–Crippen LogP) is 26.2. The van der Waals surface area contributed by atoms with E-state index in [4.69, 9.17) is 10.8 Å². The highest BCUT2D eigenvalue weighted by Gasteiger charge is 2.01. The molecular weight excluding hydrogens is 895 g/mol. The van der Waals surface area contributed by atoms with Crippen LogP contribution in [0.3, 0.4) is 0 Å². The molecule has 2 nitrogen and oxygen atoms in total. The van der Waals surface area contributed by atoms with Crippen molar-refractivity contribution in [3.63, 3.8) is 0 Å². The van der Waals surface area contributed by atoms with Crippen LogP contribution in [-0.2, 0) is 0 Å². The summed E-state index contributed by atoms with van der Waals surface area (Å²) in [5, 5.41) is 8.84. The first-order chi connectivity index (χ1) is 36.9. The summed E-state index contributed by atoms with van der Waals surface area (Å²) in [5.41, 5.74) is 5.58. The second-order valence-corrected chi connectivity index (χ2v) is 25.3. The summed E-state index contributed by atoms with van der Waals surface area (Å²) in [6.45, 7) is 1.25. The van der Waals surface area contributed by atoms with Gasteiger partial charge in [-0.3, -0.25) is 0 Å². The lowest BCUT2D eigenvalue weighted by molar-refractivity contribution is 0.282. The number of hydrogen-bond donors (Lipinski definition) is 2. The van der Waals surface area contributed by atoms with E-state index in [0.717, 1.165) is 13.0 Å². The zero-order valence-corrected chi connectivity index (χ0v) is 51.9. The molecule has 0 aliphatic rings. The smallest absolute Gasteiger partial charge is 0.0431 e. The zero-order chi connectivity index (χ0) is 52.9. The average molecular weight is 1040 g/mol. The van der Waals surface area contributed by atoms with Crippen molar-refractivity contribution in [2.24, 2.45) is 5.73 Å². The molecule has 0 aliphatic carbocycles. The summed E-state index contributed by atoms with van der Waals surface area (Å²) >= 11 is 0. The van der Waals surface area contributed by atoms with E-state index in [1.807, 2.05) is 0 Å². The highest BCUT2D eigenvalue weighted by molar-refractivity contribution is 4.57. The summed E-state index contributed by atoms with van der Waals surface area (Å²) in [5.74, 6) is 0. The zero-order valence-electron chi connectivity index (χ0n) is 51.9. The topological polar surface area (TPSA) is 46.2 Å². The van der Waals surface area contributed by atoms with Gasteiger partial charge in [0.25, 0.3) is 0 Å². The monoisotopic (exact) mass is 1040 g/mol. The Morgan fingerprint density at radius 3 is 0.243 bits per heavy atom. The number of unbranched alkanes of at least 4 members (excludes halogenated alkanes) is 69. The van der Waals surface area contributed by atoms with Crippen LogP contribution in [-0.4, -0.2) is 18.3 Å². The maximum atomic E-state index is 8.84. The van der Waals surface area contributed by atoms with Crippen LogP contribution in [0.1, 0.15) is 449 Å². The number of hydrogen-bond acceptors (Lipinski definition) is 2. The Morgan fingerprint density at radius 1 is 0.108 bits per heavy atom. The van der Waals surface area contributed by atoms with Gasteiger partial charge in [0, 0.05) is 6.61 Å². The van der Waals surface area contributed by atoms with Crippen molar-refractivity contribution < 1.29 is 5.11 Å². The molecule has 0 fully saturated rings. The predicted molar refractivity (Wildman–Crippen MR) is 339 cm³/mol. The van der Waals surface area contributed by atoms with E-state index in [9.17, 15) is 0 Å². The highest BCUT2D eigenvalue weighted by Crippen LogP contribution is 2.21. The van der Waals surface area contributed by atoms with Gasteiger partial charge in [-0.1, -0.05) is 437 Å². The van der Waals surface area contributed by atoms with Crippen LogP contribution in [0.15, 0.2) is 0 Å². The molecule has 0 rings (SSSR count). The molecule has 0 amide bonds. The van der Waals surface area contributed by atoms with E-state index in [2.05, 4.69) is 0 Å². The van der Waals surface area contributed by atoms with E-state index >= 15 is 0 Å². The Bertz CT molecular complexity index is 832. The summed E-state index contributed by atoms with van der Waals surface area (Å²) in [6, 6.07) is 0. The quantitative estimate of drug-likeness (QED) is 0.0597. The van der Waals surface area contributed by atoms with Crippen molar-refractivity contribution in [1.29, 1.82) is 0 Å². The van der Waals surface area contributed by atoms with E-state index < -0.39 is 0 Å². The van der Waals surface area contributed by atoms with Crippen LogP contribution in [0.4, 0.5) is 0 Å². The van der Waals surface area contributed by atoms with E-state index in [1.54, 1.807) is 0 Å². The SMILES string of the molecule is NCCCCCCCCCCCCCCCCCCCCCCCCCCCCCCCCCCCCCCCCCCCCCCCCCCCCCCCCCCCCCCCCCCCCCCCCO. The lowest BCUT2D eigenvalue weighted by atomic mass is 10.0. The maximum absolute atomic E-state index is 8.84. The van der Waals surface area contributed by atoms with Gasteiger partial charge >= 0.3 is 0 Å². The molecule has 446 valence electrons. The Balaban J connectivity index is 3.07. The largest absolute Gasteiger partial charge is 0.396 e. The normalized spacial score (nSPS) is 11.8. The van der Waals surface area contributed by atoms with Crippen molar-refractivity contribution in [1.82, 2.24) is 0 Å². The van der Waals surface area contributed by atoms with E-state index in [0.29, 0.717) is 6.61 Å². The standard InChI is InChI=1S/C72H147NO/c73-71-69-67-65-63-61-59-57-55-53-51-49-47-45-43-41-39-37-35-33-31-29-27-25-23-21-19-17-15-13-11-9-7-5-3-1-2-4-6-8-10-12-14-16-18-20-22-24-26-28-30-32-34-36-38-40-42-44-46-48-50-52-54-56-58-60-62-64-66-68-70-72-74/h74H,1-73H2. The van der Waals surface area contributed by atoms with Gasteiger partial charge in [0.1, 0.15) is 0 Å². The molecule has 0 aromatic heterocycles. The fourth-order valence-corrected chi connectivity index (χ4v) is 12.3. The molecule has 0 heterocycles. The van der Waals surface area contributed by atoms with Gasteiger partial charge in [-0.15, -0.1) is 0 Å². The molecule has 0 unspecified atom stereocenters. The molecule has 0 spiro atoms. The van der Waals surface area contributed by atoms with Crippen molar-refractivity contribution in [3.05, 3.63) is 0 Å². The molecule has 0 bridgehead atoms. The van der Waals surface area contributed by atoms with Gasteiger partial charge in [0.2, 0.25) is 0 Å². The summed E-state index contributed by atoms with van der Waals surface area (Å²) in [7, 11) is 0. The Morgan fingerprint density at radius 2 is 0.176 bits per heavy atom. The molecule has 74 heavy (non-hydrogen) atoms. The van der Waals surface area contributed by atoms with Crippen molar-refractivity contribution in [2.45, 2.75) is 449 Å². The molecule has 2 heteroatoms. The number of rotatable bonds is 71. The van der Waals surface area contributed by atoms with E-state index in [1.165, 1.54) is 443 Å². The minimum atomic E-state index is 0.375. The van der Waals surface area contributed by atoms with Gasteiger partial charge in [-0.25, -0.2) is 0 Å². The molecule has 0 atom stereocenters. The summed E-state index contributed by atoms with van der Waals surface area (Å²) in [6.07, 6.45) is 102. The van der Waals surface area contributed by atoms with Crippen LogP contribution < -0.4 is 5.73 Å². The third kappa shape index (κ3) is 71.9. The Labute approximate surface area is 471 Å². The van der Waals surface area contributed by atoms with Gasteiger partial charge in [-0.2, -0.15) is 0 Å². The maximum Gasteiger partial charge on any atom is 0.0431 e. The van der Waals surface area contributed by atoms with Crippen LogP contribution in [0.25, 0.3) is 0 Å². The van der Waals surface area contributed by atoms with E-state index in [-0.39, 0.29) is 0 Å². The average Bonchev–Trinajstić information content (AvgIpc) is 3.41. The van der Waals surface area contributed by atoms with Crippen LogP contribution in [0, 0.1) is 0 Å². The second-order valence-electron chi connectivity index (χ2n) is 25.3. The molecule has 0 aromatic carbocycles. The first-order valence-corrected chi connectivity index (χ1v) is 36.2. The minimum absolute atomic E-state index is 0.375. The number of aliphatic hydroxyl groups excluding tert-OH is 1. The molecule has 3 N–H and O–H groups in total. The van der Waals surface area contributed by atoms with Crippen LogP contribution in [0.2, 0.25) is 0 Å². The van der Waals surface area contributed by atoms with Crippen LogP contribution in [0.5, 0.6) is 0 Å². The molecule has 0 saturated carbocycles. The van der Waals surface area contributed by atoms with Gasteiger partial charge < -0.3 is 10.8 Å². The summed E-state index contributed by atoms with van der Waals surface area (Å²) in [4.78, 5) is 0. The molecule has 0 aromatic rings. The fourth-order valence-electron chi connectivity index (χ4n) is 12.3. The van der Waals surface area contributed by atoms with Gasteiger partial charge in [0.15, 0.2) is 0 Å². The van der Waals surface area contributed by atoms with Crippen LogP contribution >= 0.6 is 0 Å². The Hall–Kier alpha value is -0.0800. The third-order valence-corrected chi connectivity index (χ3v) is 17.6. The van der Waals surface area contributed by atoms with Crippen molar-refractivity contribution >= 4 is 0 Å². The first-order valence-electron chi connectivity index (χ1n) is 36.2. The van der Waals surface area contributed by atoms with Crippen molar-refractivity contribution in [3.8, 4) is 0 Å². The second kappa shape index (κ2) is 72.9. The third-order valence-electron chi connectivity index (χ3n) is 17.6. The molecular formula is C72H147NO. The number of aliphatic hydroxyl groups is 1. The molecule has 0 radical (unpaired) electrons. The van der Waals surface area contributed by atoms with Crippen molar-refractivity contribution in [2.75, 3.05) is 13.2 Å². The molecule has 0 aliphatic heterocycles. The first kappa shape index (κ1) is 73.9. The van der Waals surface area contributed by atoms with Gasteiger partial charge in [0.05, 0.1) is 0 Å². The minimum Gasteiger partial charge on any atom is -0.396 e. The fraction of sp³-hybridized carbons (Fsp3) is 1.00. The lowest BCUT2D eigenvalue weighted by Crippen LogP contribution is -1.97. The number of nitrogens with two attached hydrogens (primary N) is 1. The lowest BCUT2D eigenvalue weighted by Gasteiger charge is -2.05. The summed E-state index contributed by atoms with van der Waals surface area (Å²) < 4.78 is 0. The highest BCUT2D eigenvalue weighted by atomic mass is 16.2. The van der Waals surface area contributed by atoms with Gasteiger partial charge in [-0.05, 0) is 19.4 Å². The molecule has 0 saturated heterocycles.